The fraction of sp³-hybridized carbons (Fsp3) is 0.333. The Hall–Kier alpha value is -1.66. The highest BCUT2D eigenvalue weighted by molar-refractivity contribution is 7.12. The van der Waals surface area contributed by atoms with Crippen LogP contribution in [0.3, 0.4) is 0 Å². The molecule has 1 aromatic rings. The molecule has 0 aliphatic carbocycles. The maximum atomic E-state index is 11.9. The van der Waals surface area contributed by atoms with E-state index in [9.17, 15) is 9.59 Å². The summed E-state index contributed by atoms with van der Waals surface area (Å²) in [6, 6.07) is 1.73. The predicted molar refractivity (Wildman–Crippen MR) is 71.9 cm³/mol. The second kappa shape index (κ2) is 6.93. The fourth-order valence-electron chi connectivity index (χ4n) is 1.27. The minimum Gasteiger partial charge on any atom is -0.478 e. The Kier molecular flexibility index (Phi) is 5.54. The molecule has 1 amide bonds. The zero-order chi connectivity index (χ0) is 13.5. The Morgan fingerprint density at radius 2 is 2.22 bits per heavy atom. The summed E-state index contributed by atoms with van der Waals surface area (Å²) < 4.78 is 0. The van der Waals surface area contributed by atoms with Crippen LogP contribution < -0.4 is 5.32 Å². The molecule has 0 aliphatic heterocycles. The molecule has 0 saturated heterocycles. The molecule has 0 unspecified atom stereocenters. The van der Waals surface area contributed by atoms with Gasteiger partial charge in [-0.3, -0.25) is 4.79 Å². The Balaban J connectivity index is 2.63. The molecule has 1 aromatic heterocycles. The minimum atomic E-state index is -1.03. The third-order valence-corrected chi connectivity index (χ3v) is 3.08. The molecular weight excluding hydrogens is 252 g/mol. The van der Waals surface area contributed by atoms with Crippen molar-refractivity contribution in [2.75, 3.05) is 27.2 Å². The fourth-order valence-corrected chi connectivity index (χ4v) is 2.07. The third kappa shape index (κ3) is 4.68. The van der Waals surface area contributed by atoms with E-state index in [1.165, 1.54) is 17.4 Å². The summed E-state index contributed by atoms with van der Waals surface area (Å²) in [5.74, 6) is -1.20. The van der Waals surface area contributed by atoms with Gasteiger partial charge in [-0.1, -0.05) is 0 Å². The summed E-state index contributed by atoms with van der Waals surface area (Å²) in [6.07, 6.45) is 2.46. The molecule has 2 N–H and O–H groups in total. The van der Waals surface area contributed by atoms with Crippen LogP contribution in [0.5, 0.6) is 0 Å². The normalized spacial score (nSPS) is 11.1. The van der Waals surface area contributed by atoms with E-state index >= 15 is 0 Å². The highest BCUT2D eigenvalue weighted by atomic mass is 32.1. The number of carbonyl (C=O) groups excluding carboxylic acids is 1. The number of carboxylic acid groups (broad SMARTS) is 1. The van der Waals surface area contributed by atoms with Crippen molar-refractivity contribution in [3.05, 3.63) is 28.0 Å². The maximum absolute atomic E-state index is 11.9. The lowest BCUT2D eigenvalue weighted by Crippen LogP contribution is -2.31. The van der Waals surface area contributed by atoms with Crippen LogP contribution >= 0.6 is 11.3 Å². The quantitative estimate of drug-likeness (QED) is 0.759. The van der Waals surface area contributed by atoms with E-state index in [0.29, 0.717) is 17.0 Å². The van der Waals surface area contributed by atoms with Crippen LogP contribution in [0, 0.1) is 0 Å². The lowest BCUT2D eigenvalue weighted by Gasteiger charge is -2.10. The van der Waals surface area contributed by atoms with Gasteiger partial charge in [0.25, 0.3) is 5.91 Å². The molecule has 0 aromatic carbocycles. The highest BCUT2D eigenvalue weighted by Gasteiger charge is 2.11. The number of likely N-dealkylation sites (N-methyl/N-ethyl adjacent to an activating group) is 1. The summed E-state index contributed by atoms with van der Waals surface area (Å²) >= 11 is 1.30. The van der Waals surface area contributed by atoms with Crippen LogP contribution in [0.1, 0.15) is 15.2 Å². The van der Waals surface area contributed by atoms with E-state index in [-0.39, 0.29) is 5.91 Å². The van der Waals surface area contributed by atoms with Crippen LogP contribution in [0.15, 0.2) is 17.5 Å². The first-order valence-electron chi connectivity index (χ1n) is 5.42. The van der Waals surface area contributed by atoms with Gasteiger partial charge in [0.1, 0.15) is 0 Å². The van der Waals surface area contributed by atoms with Gasteiger partial charge in [-0.25, -0.2) is 4.79 Å². The second-order valence-corrected chi connectivity index (χ2v) is 4.85. The summed E-state index contributed by atoms with van der Waals surface area (Å²) in [7, 11) is 3.86. The van der Waals surface area contributed by atoms with Crippen LogP contribution in [0.4, 0.5) is 0 Å². The largest absolute Gasteiger partial charge is 0.478 e. The number of hydrogen-bond donors (Lipinski definition) is 2. The number of carboxylic acids is 1. The monoisotopic (exact) mass is 268 g/mol. The van der Waals surface area contributed by atoms with Crippen molar-refractivity contribution in [2.24, 2.45) is 0 Å². The highest BCUT2D eigenvalue weighted by Crippen LogP contribution is 2.18. The summed E-state index contributed by atoms with van der Waals surface area (Å²) in [4.78, 5) is 24.8. The van der Waals surface area contributed by atoms with E-state index < -0.39 is 5.97 Å². The van der Waals surface area contributed by atoms with Gasteiger partial charge in [-0.05, 0) is 37.2 Å². The maximum Gasteiger partial charge on any atom is 0.328 e. The summed E-state index contributed by atoms with van der Waals surface area (Å²) in [5.41, 5.74) is 0.629. The van der Waals surface area contributed by atoms with E-state index in [1.807, 2.05) is 19.0 Å². The molecule has 0 spiro atoms. The molecule has 1 rings (SSSR count). The Bertz CT molecular complexity index is 452. The summed E-state index contributed by atoms with van der Waals surface area (Å²) in [5, 5.41) is 13.1. The number of aliphatic carboxylic acids is 1. The molecule has 0 fully saturated rings. The summed E-state index contributed by atoms with van der Waals surface area (Å²) in [6.45, 7) is 1.32. The Labute approximate surface area is 110 Å². The molecule has 98 valence electrons. The zero-order valence-corrected chi connectivity index (χ0v) is 11.2. The van der Waals surface area contributed by atoms with Crippen LogP contribution in [0.2, 0.25) is 0 Å². The Morgan fingerprint density at radius 1 is 1.50 bits per heavy atom. The van der Waals surface area contributed by atoms with Crippen molar-refractivity contribution >= 4 is 29.3 Å². The second-order valence-electron chi connectivity index (χ2n) is 3.94. The van der Waals surface area contributed by atoms with Gasteiger partial charge >= 0.3 is 5.97 Å². The van der Waals surface area contributed by atoms with E-state index in [1.54, 1.807) is 11.4 Å². The lowest BCUT2D eigenvalue weighted by atomic mass is 10.2. The van der Waals surface area contributed by atoms with Gasteiger partial charge in [-0.2, -0.15) is 0 Å². The van der Waals surface area contributed by atoms with E-state index in [0.717, 1.165) is 12.6 Å². The molecule has 0 bridgehead atoms. The van der Waals surface area contributed by atoms with Gasteiger partial charge in [-0.15, -0.1) is 11.3 Å². The number of thiophene rings is 1. The number of carbonyl (C=O) groups is 2. The van der Waals surface area contributed by atoms with Crippen LogP contribution in [0.25, 0.3) is 6.08 Å². The molecule has 6 heteroatoms. The van der Waals surface area contributed by atoms with Crippen molar-refractivity contribution in [1.82, 2.24) is 10.2 Å². The molecule has 0 radical (unpaired) electrons. The van der Waals surface area contributed by atoms with Crippen LogP contribution in [-0.4, -0.2) is 49.1 Å². The van der Waals surface area contributed by atoms with Gasteiger partial charge in [0.2, 0.25) is 0 Å². The molecule has 0 atom stereocenters. The predicted octanol–water partition coefficient (Wildman–Crippen LogP) is 1.14. The van der Waals surface area contributed by atoms with Crippen molar-refractivity contribution < 1.29 is 14.7 Å². The Morgan fingerprint density at radius 3 is 2.83 bits per heavy atom. The number of nitrogens with one attached hydrogen (secondary N) is 1. The number of rotatable bonds is 6. The van der Waals surface area contributed by atoms with Gasteiger partial charge in [0.15, 0.2) is 0 Å². The first kappa shape index (κ1) is 14.4. The van der Waals surface area contributed by atoms with E-state index in [4.69, 9.17) is 5.11 Å². The average Bonchev–Trinajstić information content (AvgIpc) is 2.73. The molecule has 0 saturated carbocycles. The SMILES string of the molecule is CN(C)CCNC(=O)c1sccc1C=CC(=O)O. The molecule has 1 heterocycles. The first-order valence-corrected chi connectivity index (χ1v) is 6.30. The number of nitrogens with zero attached hydrogens (tertiary/aromatic N) is 1. The third-order valence-electron chi connectivity index (χ3n) is 2.15. The standard InChI is InChI=1S/C12H16N2O3S/c1-14(2)7-6-13-12(17)11-9(5-8-18-11)3-4-10(15)16/h3-5,8H,6-7H2,1-2H3,(H,13,17)(H,15,16). The number of amides is 1. The van der Waals surface area contributed by atoms with Gasteiger partial charge in [0, 0.05) is 19.2 Å². The molecular formula is C12H16N2O3S. The molecule has 5 nitrogen and oxygen atoms in total. The zero-order valence-electron chi connectivity index (χ0n) is 10.3. The number of hydrogen-bond acceptors (Lipinski definition) is 4. The van der Waals surface area contributed by atoms with Crippen molar-refractivity contribution in [1.29, 1.82) is 0 Å². The van der Waals surface area contributed by atoms with Gasteiger partial charge in [0.05, 0.1) is 4.88 Å². The molecule has 0 aliphatic rings. The van der Waals surface area contributed by atoms with E-state index in [2.05, 4.69) is 5.32 Å². The minimum absolute atomic E-state index is 0.170. The first-order chi connectivity index (χ1) is 8.50. The lowest BCUT2D eigenvalue weighted by molar-refractivity contribution is -0.131. The topological polar surface area (TPSA) is 69.6 Å². The van der Waals surface area contributed by atoms with Crippen molar-refractivity contribution in [3.63, 3.8) is 0 Å². The van der Waals surface area contributed by atoms with Gasteiger partial charge < -0.3 is 15.3 Å². The van der Waals surface area contributed by atoms with Crippen molar-refractivity contribution in [2.45, 2.75) is 0 Å². The van der Waals surface area contributed by atoms with Crippen molar-refractivity contribution in [3.8, 4) is 0 Å². The molecule has 18 heavy (non-hydrogen) atoms. The average molecular weight is 268 g/mol. The smallest absolute Gasteiger partial charge is 0.328 e. The van der Waals surface area contributed by atoms with Crippen LogP contribution in [-0.2, 0) is 4.79 Å².